The summed E-state index contributed by atoms with van der Waals surface area (Å²) >= 11 is 0. The van der Waals surface area contributed by atoms with Crippen molar-refractivity contribution >= 4 is 0 Å². The van der Waals surface area contributed by atoms with Gasteiger partial charge in [-0.25, -0.2) is 0 Å². The zero-order chi connectivity index (χ0) is 12.1. The summed E-state index contributed by atoms with van der Waals surface area (Å²) in [6.45, 7) is 11.2. The normalized spacial score (nSPS) is 28.1. The van der Waals surface area contributed by atoms with E-state index in [4.69, 9.17) is 0 Å². The zero-order valence-corrected chi connectivity index (χ0v) is 11.5. The van der Waals surface area contributed by atoms with Gasteiger partial charge in [-0.05, 0) is 33.0 Å². The van der Waals surface area contributed by atoms with Crippen molar-refractivity contribution in [2.75, 3.05) is 73.0 Å². The van der Waals surface area contributed by atoms with Gasteiger partial charge < -0.3 is 20.0 Å². The molecule has 100 valence electrons. The molecule has 1 atom stereocenters. The summed E-state index contributed by atoms with van der Waals surface area (Å²) in [4.78, 5) is 7.55. The van der Waals surface area contributed by atoms with Crippen molar-refractivity contribution < 1.29 is 0 Å². The SMILES string of the molecule is CN(C)CCN1CCC(CN2CCNCC2)C1. The molecule has 0 aliphatic carbocycles. The van der Waals surface area contributed by atoms with Gasteiger partial charge in [-0.2, -0.15) is 0 Å². The van der Waals surface area contributed by atoms with E-state index in [1.54, 1.807) is 0 Å². The van der Waals surface area contributed by atoms with Gasteiger partial charge in [-0.3, -0.25) is 0 Å². The highest BCUT2D eigenvalue weighted by molar-refractivity contribution is 4.80. The van der Waals surface area contributed by atoms with E-state index in [-0.39, 0.29) is 0 Å². The molecule has 0 aromatic rings. The van der Waals surface area contributed by atoms with Crippen LogP contribution < -0.4 is 5.32 Å². The second-order valence-corrected chi connectivity index (χ2v) is 5.81. The quantitative estimate of drug-likeness (QED) is 0.717. The molecule has 0 aromatic heterocycles. The van der Waals surface area contributed by atoms with Crippen LogP contribution in [-0.2, 0) is 0 Å². The molecule has 2 fully saturated rings. The fourth-order valence-electron chi connectivity index (χ4n) is 2.87. The van der Waals surface area contributed by atoms with Gasteiger partial charge in [0.05, 0.1) is 0 Å². The lowest BCUT2D eigenvalue weighted by molar-refractivity contribution is 0.201. The highest BCUT2D eigenvalue weighted by atomic mass is 15.2. The fraction of sp³-hybridized carbons (Fsp3) is 1.00. The second kappa shape index (κ2) is 6.69. The van der Waals surface area contributed by atoms with Crippen LogP contribution in [0.4, 0.5) is 0 Å². The molecule has 17 heavy (non-hydrogen) atoms. The van der Waals surface area contributed by atoms with Crippen molar-refractivity contribution in [1.82, 2.24) is 20.0 Å². The van der Waals surface area contributed by atoms with Gasteiger partial charge in [0.1, 0.15) is 0 Å². The van der Waals surface area contributed by atoms with Crippen molar-refractivity contribution in [1.29, 1.82) is 0 Å². The summed E-state index contributed by atoms with van der Waals surface area (Å²) in [5.74, 6) is 0.912. The van der Waals surface area contributed by atoms with Crippen LogP contribution in [0.2, 0.25) is 0 Å². The summed E-state index contributed by atoms with van der Waals surface area (Å²) in [5, 5.41) is 3.42. The molecule has 0 aromatic carbocycles. The Morgan fingerprint density at radius 2 is 1.88 bits per heavy atom. The van der Waals surface area contributed by atoms with Crippen molar-refractivity contribution in [3.8, 4) is 0 Å². The minimum atomic E-state index is 0.912. The molecule has 0 radical (unpaired) electrons. The van der Waals surface area contributed by atoms with Gasteiger partial charge >= 0.3 is 0 Å². The number of hydrogen-bond acceptors (Lipinski definition) is 4. The molecule has 0 spiro atoms. The average molecular weight is 240 g/mol. The van der Waals surface area contributed by atoms with E-state index < -0.39 is 0 Å². The summed E-state index contributed by atoms with van der Waals surface area (Å²) < 4.78 is 0. The second-order valence-electron chi connectivity index (χ2n) is 5.81. The predicted octanol–water partition coefficient (Wildman–Crippen LogP) is -0.225. The first kappa shape index (κ1) is 13.3. The fourth-order valence-corrected chi connectivity index (χ4v) is 2.87. The van der Waals surface area contributed by atoms with Gasteiger partial charge in [0.2, 0.25) is 0 Å². The highest BCUT2D eigenvalue weighted by Gasteiger charge is 2.24. The monoisotopic (exact) mass is 240 g/mol. The third-order valence-electron chi connectivity index (χ3n) is 3.96. The maximum atomic E-state index is 3.42. The van der Waals surface area contributed by atoms with E-state index in [0.29, 0.717) is 0 Å². The molecular weight excluding hydrogens is 212 g/mol. The van der Waals surface area contributed by atoms with Crippen molar-refractivity contribution in [3.63, 3.8) is 0 Å². The van der Waals surface area contributed by atoms with Gasteiger partial charge in [0, 0.05) is 52.4 Å². The Morgan fingerprint density at radius 1 is 1.12 bits per heavy atom. The lowest BCUT2D eigenvalue weighted by Gasteiger charge is -2.29. The van der Waals surface area contributed by atoms with Gasteiger partial charge in [0.25, 0.3) is 0 Å². The van der Waals surface area contributed by atoms with Crippen LogP contribution >= 0.6 is 0 Å². The Morgan fingerprint density at radius 3 is 2.59 bits per heavy atom. The Labute approximate surface area is 106 Å². The molecule has 2 aliphatic rings. The number of likely N-dealkylation sites (tertiary alicyclic amines) is 1. The smallest absolute Gasteiger partial charge is 0.0109 e. The summed E-state index contributed by atoms with van der Waals surface area (Å²) in [6.07, 6.45) is 1.40. The van der Waals surface area contributed by atoms with Crippen molar-refractivity contribution in [3.05, 3.63) is 0 Å². The number of likely N-dealkylation sites (N-methyl/N-ethyl adjacent to an activating group) is 1. The van der Waals surface area contributed by atoms with Gasteiger partial charge in [0.15, 0.2) is 0 Å². The number of rotatable bonds is 5. The summed E-state index contributed by atoms with van der Waals surface area (Å²) in [5.41, 5.74) is 0. The van der Waals surface area contributed by atoms with Crippen molar-refractivity contribution in [2.24, 2.45) is 5.92 Å². The van der Waals surface area contributed by atoms with E-state index >= 15 is 0 Å². The predicted molar refractivity (Wildman–Crippen MR) is 72.4 cm³/mol. The Hall–Kier alpha value is -0.160. The summed E-state index contributed by atoms with van der Waals surface area (Å²) in [6, 6.07) is 0. The van der Waals surface area contributed by atoms with Crippen LogP contribution in [0, 0.1) is 5.92 Å². The third-order valence-corrected chi connectivity index (χ3v) is 3.96. The van der Waals surface area contributed by atoms with E-state index in [2.05, 4.69) is 34.1 Å². The molecule has 1 unspecified atom stereocenters. The Balaban J connectivity index is 1.63. The Bertz CT molecular complexity index is 213. The lowest BCUT2D eigenvalue weighted by Crippen LogP contribution is -2.45. The van der Waals surface area contributed by atoms with Gasteiger partial charge in [-0.1, -0.05) is 0 Å². The topological polar surface area (TPSA) is 21.8 Å². The van der Waals surface area contributed by atoms with Crippen LogP contribution in [0.1, 0.15) is 6.42 Å². The molecule has 0 bridgehead atoms. The number of piperazine rings is 1. The van der Waals surface area contributed by atoms with Crippen LogP contribution in [0.3, 0.4) is 0 Å². The van der Waals surface area contributed by atoms with Crippen LogP contribution in [-0.4, -0.2) is 87.7 Å². The first-order valence-corrected chi connectivity index (χ1v) is 7.04. The number of nitrogens with zero attached hydrogens (tertiary/aromatic N) is 3. The summed E-state index contributed by atoms with van der Waals surface area (Å²) in [7, 11) is 4.32. The minimum absolute atomic E-state index is 0.912. The lowest BCUT2D eigenvalue weighted by atomic mass is 10.1. The first-order valence-electron chi connectivity index (χ1n) is 7.04. The minimum Gasteiger partial charge on any atom is -0.314 e. The maximum absolute atomic E-state index is 3.42. The molecule has 4 heteroatoms. The van der Waals surface area contributed by atoms with E-state index in [1.807, 2.05) is 0 Å². The van der Waals surface area contributed by atoms with Crippen LogP contribution in [0.25, 0.3) is 0 Å². The molecule has 1 N–H and O–H groups in total. The largest absolute Gasteiger partial charge is 0.314 e. The standard InChI is InChI=1S/C13H28N4/c1-15(2)9-10-16-6-3-13(11-16)12-17-7-4-14-5-8-17/h13-14H,3-12H2,1-2H3. The first-order chi connectivity index (χ1) is 8.24. The molecule has 4 nitrogen and oxygen atoms in total. The molecule has 2 heterocycles. The van der Waals surface area contributed by atoms with Crippen molar-refractivity contribution in [2.45, 2.75) is 6.42 Å². The molecule has 2 aliphatic heterocycles. The van der Waals surface area contributed by atoms with E-state index in [1.165, 1.54) is 65.3 Å². The molecule has 0 saturated carbocycles. The average Bonchev–Trinajstić information content (AvgIpc) is 2.75. The van der Waals surface area contributed by atoms with Crippen LogP contribution in [0.15, 0.2) is 0 Å². The van der Waals surface area contributed by atoms with Crippen LogP contribution in [0.5, 0.6) is 0 Å². The van der Waals surface area contributed by atoms with E-state index in [9.17, 15) is 0 Å². The van der Waals surface area contributed by atoms with Gasteiger partial charge in [-0.15, -0.1) is 0 Å². The highest BCUT2D eigenvalue weighted by Crippen LogP contribution is 2.17. The number of nitrogens with one attached hydrogen (secondary N) is 1. The third kappa shape index (κ3) is 4.54. The zero-order valence-electron chi connectivity index (χ0n) is 11.5. The molecule has 2 rings (SSSR count). The number of hydrogen-bond donors (Lipinski definition) is 1. The Kier molecular flexibility index (Phi) is 5.22. The molecular formula is C13H28N4. The molecule has 0 amide bonds. The molecule has 2 saturated heterocycles. The van der Waals surface area contributed by atoms with E-state index in [0.717, 1.165) is 5.92 Å². The maximum Gasteiger partial charge on any atom is 0.0109 e.